The first-order valence-corrected chi connectivity index (χ1v) is 18.3. The van der Waals surface area contributed by atoms with Gasteiger partial charge in [0.15, 0.2) is 23.0 Å². The number of likely N-dealkylation sites (tertiary alicyclic amines) is 1. The lowest BCUT2D eigenvalue weighted by Gasteiger charge is -2.40. The summed E-state index contributed by atoms with van der Waals surface area (Å²) >= 11 is 0. The fraction of sp³-hybridized carbons (Fsp3) is 0.341. The number of halogens is 2. The standard InChI is InChI=1S/C44H51N3O7.2ClH/c1-8-54-38-14-12-36(13-15-38)47(29-30-10-9-11-32(20-30)33-22-39(48-2)43(52-6)40(23-33)49-3)37-16-18-46(19-17-37)28-31-21-35(27-45-26-31)34-24-41(50-4)44(53-7)42(25-34)51-5;;/h9-15,20-27,37H,8,16-19,28-29H2,1-7H3;2*1H. The van der Waals surface area contributed by atoms with E-state index >= 15 is 0 Å². The zero-order valence-electron chi connectivity index (χ0n) is 33.2. The normalized spacial score (nSPS) is 12.8. The van der Waals surface area contributed by atoms with E-state index in [1.165, 1.54) is 11.3 Å². The number of piperidine rings is 1. The van der Waals surface area contributed by atoms with Crippen molar-refractivity contribution in [1.82, 2.24) is 9.88 Å². The number of anilines is 1. The number of benzene rings is 4. The van der Waals surface area contributed by atoms with Crippen molar-refractivity contribution >= 4 is 30.5 Å². The van der Waals surface area contributed by atoms with Gasteiger partial charge in [0.05, 0.1) is 49.3 Å². The Morgan fingerprint density at radius 1 is 0.607 bits per heavy atom. The first kappa shape index (κ1) is 43.7. The molecule has 1 fully saturated rings. The smallest absolute Gasteiger partial charge is 0.203 e. The summed E-state index contributed by atoms with van der Waals surface area (Å²) in [7, 11) is 9.78. The van der Waals surface area contributed by atoms with Crippen molar-refractivity contribution < 1.29 is 33.2 Å². The van der Waals surface area contributed by atoms with Crippen molar-refractivity contribution in [3.8, 4) is 62.5 Å². The van der Waals surface area contributed by atoms with Crippen LogP contribution in [0.15, 0.2) is 91.3 Å². The lowest BCUT2D eigenvalue weighted by molar-refractivity contribution is 0.200. The molecule has 0 saturated carbocycles. The van der Waals surface area contributed by atoms with E-state index < -0.39 is 0 Å². The Labute approximate surface area is 343 Å². The minimum atomic E-state index is 0. The highest BCUT2D eigenvalue weighted by Crippen LogP contribution is 2.43. The highest BCUT2D eigenvalue weighted by atomic mass is 35.5. The van der Waals surface area contributed by atoms with Crippen LogP contribution in [0.5, 0.6) is 40.2 Å². The molecule has 0 bridgehead atoms. The van der Waals surface area contributed by atoms with Gasteiger partial charge in [0, 0.05) is 55.9 Å². The monoisotopic (exact) mass is 805 g/mol. The molecule has 0 N–H and O–H groups in total. The molecule has 1 aliphatic heterocycles. The third-order valence-corrected chi connectivity index (χ3v) is 9.95. The summed E-state index contributed by atoms with van der Waals surface area (Å²) in [5, 5.41) is 0. The Balaban J connectivity index is 0.00000348. The number of hydrogen-bond donors (Lipinski definition) is 0. The largest absolute Gasteiger partial charge is 0.494 e. The molecule has 300 valence electrons. The predicted molar refractivity (Wildman–Crippen MR) is 227 cm³/mol. The zero-order valence-corrected chi connectivity index (χ0v) is 34.8. The summed E-state index contributed by atoms with van der Waals surface area (Å²) in [6.07, 6.45) is 5.89. The van der Waals surface area contributed by atoms with Gasteiger partial charge in [0.25, 0.3) is 0 Å². The predicted octanol–water partition coefficient (Wildman–Crippen LogP) is 9.38. The number of nitrogens with zero attached hydrogens (tertiary/aromatic N) is 3. The first-order valence-electron chi connectivity index (χ1n) is 18.3. The molecule has 12 heteroatoms. The van der Waals surface area contributed by atoms with Crippen LogP contribution in [-0.2, 0) is 13.1 Å². The molecule has 0 aliphatic carbocycles. The number of hydrogen-bond acceptors (Lipinski definition) is 10. The van der Waals surface area contributed by atoms with Crippen molar-refractivity contribution in [3.05, 3.63) is 102 Å². The number of ether oxygens (including phenoxy) is 7. The molecule has 0 amide bonds. The zero-order chi connectivity index (χ0) is 38.0. The van der Waals surface area contributed by atoms with Crippen LogP contribution in [0.3, 0.4) is 0 Å². The van der Waals surface area contributed by atoms with Gasteiger partial charge in [-0.3, -0.25) is 9.88 Å². The number of pyridine rings is 1. The summed E-state index contributed by atoms with van der Waals surface area (Å²) in [6.45, 7) is 6.16. The van der Waals surface area contributed by atoms with Gasteiger partial charge >= 0.3 is 0 Å². The van der Waals surface area contributed by atoms with E-state index in [-0.39, 0.29) is 24.8 Å². The van der Waals surface area contributed by atoms with Crippen LogP contribution in [0.25, 0.3) is 22.3 Å². The quantitative estimate of drug-likeness (QED) is 0.0962. The van der Waals surface area contributed by atoms with Crippen LogP contribution < -0.4 is 38.1 Å². The van der Waals surface area contributed by atoms with E-state index in [4.69, 9.17) is 33.2 Å². The number of aromatic nitrogens is 1. The summed E-state index contributed by atoms with van der Waals surface area (Å²) in [5.74, 6) is 4.51. The molecule has 56 heavy (non-hydrogen) atoms. The van der Waals surface area contributed by atoms with Gasteiger partial charge in [-0.1, -0.05) is 18.2 Å². The highest BCUT2D eigenvalue weighted by molar-refractivity contribution is 5.85. The minimum Gasteiger partial charge on any atom is -0.494 e. The van der Waals surface area contributed by atoms with Crippen LogP contribution in [-0.4, -0.2) is 78.3 Å². The van der Waals surface area contributed by atoms with Gasteiger partial charge in [-0.15, -0.1) is 24.8 Å². The second-order valence-corrected chi connectivity index (χ2v) is 13.2. The SMILES string of the molecule is CCOc1ccc(N(Cc2cccc(-c3cc(OC)c(OC)c(OC)c3)c2)C2CCN(Cc3cncc(-c4cc(OC)c(OC)c(OC)c4)c3)CC2)cc1.Cl.Cl. The van der Waals surface area contributed by atoms with Crippen LogP contribution in [0, 0.1) is 0 Å². The second-order valence-electron chi connectivity index (χ2n) is 13.2. The van der Waals surface area contributed by atoms with E-state index in [2.05, 4.69) is 69.4 Å². The summed E-state index contributed by atoms with van der Waals surface area (Å²) in [5.41, 5.74) is 7.58. The Bertz CT molecular complexity index is 1960. The molecule has 1 saturated heterocycles. The van der Waals surface area contributed by atoms with Crippen molar-refractivity contribution in [3.63, 3.8) is 0 Å². The molecule has 10 nitrogen and oxygen atoms in total. The maximum Gasteiger partial charge on any atom is 0.203 e. The summed E-state index contributed by atoms with van der Waals surface area (Å²) in [6, 6.07) is 27.7. The lowest BCUT2D eigenvalue weighted by atomic mass is 9.98. The van der Waals surface area contributed by atoms with Crippen molar-refractivity contribution in [2.24, 2.45) is 0 Å². The fourth-order valence-corrected chi connectivity index (χ4v) is 7.25. The van der Waals surface area contributed by atoms with Crippen molar-refractivity contribution in [1.29, 1.82) is 0 Å². The molecule has 0 radical (unpaired) electrons. The van der Waals surface area contributed by atoms with Crippen molar-refractivity contribution in [2.75, 3.05) is 67.3 Å². The topological polar surface area (TPSA) is 84.0 Å². The Hall–Kier alpha value is -5.03. The van der Waals surface area contributed by atoms with Crippen LogP contribution in [0.2, 0.25) is 0 Å². The molecule has 0 spiro atoms. The summed E-state index contributed by atoms with van der Waals surface area (Å²) in [4.78, 5) is 9.68. The molecular weight excluding hydrogens is 753 g/mol. The third-order valence-electron chi connectivity index (χ3n) is 9.95. The van der Waals surface area contributed by atoms with Crippen LogP contribution >= 0.6 is 24.8 Å². The maximum absolute atomic E-state index is 5.79. The van der Waals surface area contributed by atoms with Gasteiger partial charge in [-0.25, -0.2) is 0 Å². The molecule has 0 atom stereocenters. The van der Waals surface area contributed by atoms with Gasteiger partial charge in [-0.05, 0) is 108 Å². The average molecular weight is 807 g/mol. The summed E-state index contributed by atoms with van der Waals surface area (Å²) < 4.78 is 39.4. The van der Waals surface area contributed by atoms with E-state index in [1.54, 1.807) is 42.7 Å². The average Bonchev–Trinajstić information content (AvgIpc) is 3.22. The molecule has 2 heterocycles. The number of methoxy groups -OCH3 is 6. The lowest BCUT2D eigenvalue weighted by Crippen LogP contribution is -2.44. The Morgan fingerprint density at radius 3 is 1.66 bits per heavy atom. The maximum atomic E-state index is 5.79. The molecule has 1 aliphatic rings. The first-order chi connectivity index (χ1) is 26.4. The third kappa shape index (κ3) is 10.0. The second kappa shape index (κ2) is 20.8. The van der Waals surface area contributed by atoms with Gasteiger partial charge in [-0.2, -0.15) is 0 Å². The van der Waals surface area contributed by atoms with E-state index in [0.717, 1.165) is 72.6 Å². The van der Waals surface area contributed by atoms with Gasteiger partial charge < -0.3 is 38.1 Å². The van der Waals surface area contributed by atoms with E-state index in [9.17, 15) is 0 Å². The van der Waals surface area contributed by atoms with Gasteiger partial charge in [0.1, 0.15) is 5.75 Å². The molecule has 1 aromatic heterocycles. The van der Waals surface area contributed by atoms with Crippen LogP contribution in [0.4, 0.5) is 5.69 Å². The Kier molecular flexibility index (Phi) is 16.2. The molecule has 6 rings (SSSR count). The Morgan fingerprint density at radius 2 is 1.14 bits per heavy atom. The highest BCUT2D eigenvalue weighted by Gasteiger charge is 2.26. The fourth-order valence-electron chi connectivity index (χ4n) is 7.25. The molecule has 4 aromatic carbocycles. The minimum absolute atomic E-state index is 0. The molecule has 5 aromatic rings. The van der Waals surface area contributed by atoms with Crippen LogP contribution in [0.1, 0.15) is 30.9 Å². The van der Waals surface area contributed by atoms with Gasteiger partial charge in [0.2, 0.25) is 11.5 Å². The van der Waals surface area contributed by atoms with Crippen molar-refractivity contribution in [2.45, 2.75) is 38.9 Å². The number of rotatable bonds is 16. The molecule has 0 unspecified atom stereocenters. The van der Waals surface area contributed by atoms with E-state index in [0.29, 0.717) is 47.1 Å². The van der Waals surface area contributed by atoms with E-state index in [1.807, 2.05) is 43.6 Å². The molecular formula is C44H53Cl2N3O7.